The van der Waals surface area contributed by atoms with Crippen LogP contribution in [0.5, 0.6) is 5.88 Å². The van der Waals surface area contributed by atoms with Gasteiger partial charge in [-0.1, -0.05) is 87.4 Å². The van der Waals surface area contributed by atoms with E-state index in [0.717, 1.165) is 19.3 Å². The number of aliphatic hydroxyl groups is 2. The number of ether oxygens (including phenoxy) is 2. The van der Waals surface area contributed by atoms with E-state index in [1.165, 1.54) is 12.3 Å². The number of pyridine rings is 2. The standard InChI is InChI=1S/C22H27ClF3N5O2.C20H26ClN5O3.C2H6/c1-4-15(12-32)10-11-27-20-17(19(23)30-21(31-20)28-13-22(24,25)26)8-6-16-7-9-18(33-5-2)29-14(16)3;1-3-14(13-27)8-9-22-19-16(6-4-15-5-7-17(28)24-12-15)18(21)25-20(26-19)23-10-11-29-2;1-2/h7,9,15,32H,4-5,10-13H2,1-3H3,(H2,27,28,30,31);5,7,12,14,27H,3,8-11,13H2,1-2H3,(H,24,28)(H2,22,23,25,26);1-2H3. The summed E-state index contributed by atoms with van der Waals surface area (Å²) in [6.45, 7) is 13.1. The summed E-state index contributed by atoms with van der Waals surface area (Å²) in [5.41, 5.74) is 2.44. The fourth-order valence-corrected chi connectivity index (χ4v) is 5.67. The molecule has 0 spiro atoms. The summed E-state index contributed by atoms with van der Waals surface area (Å²) in [4.78, 5) is 34.9. The van der Waals surface area contributed by atoms with Gasteiger partial charge in [0.25, 0.3) is 0 Å². The van der Waals surface area contributed by atoms with E-state index in [1.807, 2.05) is 34.6 Å². The van der Waals surface area contributed by atoms with Crippen molar-refractivity contribution in [3.63, 3.8) is 0 Å². The summed E-state index contributed by atoms with van der Waals surface area (Å²) in [7, 11) is 1.61. The minimum Gasteiger partial charge on any atom is -0.478 e. The summed E-state index contributed by atoms with van der Waals surface area (Å²) >= 11 is 12.6. The number of hydrogen-bond donors (Lipinski definition) is 7. The quantitative estimate of drug-likeness (QED) is 0.0260. The molecule has 0 aliphatic carbocycles. The van der Waals surface area contributed by atoms with Crippen molar-refractivity contribution in [2.75, 3.05) is 81.0 Å². The molecule has 0 saturated heterocycles. The van der Waals surface area contributed by atoms with Crippen molar-refractivity contribution in [2.24, 2.45) is 11.8 Å². The van der Waals surface area contributed by atoms with Gasteiger partial charge < -0.3 is 45.9 Å². The molecule has 4 rings (SSSR count). The molecule has 0 bridgehead atoms. The Morgan fingerprint density at radius 1 is 0.766 bits per heavy atom. The molecule has 4 aromatic heterocycles. The number of rotatable bonds is 20. The van der Waals surface area contributed by atoms with Crippen molar-refractivity contribution in [2.45, 2.75) is 73.4 Å². The van der Waals surface area contributed by atoms with Gasteiger partial charge in [0.05, 0.1) is 18.9 Å². The maximum absolute atomic E-state index is 12.6. The number of anilines is 4. The fraction of sp³-hybridized carbons (Fsp3) is 0.500. The maximum atomic E-state index is 12.6. The molecular formula is C44H59Cl2F3N10O5. The van der Waals surface area contributed by atoms with E-state index in [4.69, 9.17) is 32.7 Å². The zero-order chi connectivity index (χ0) is 47.5. The van der Waals surface area contributed by atoms with Crippen LogP contribution in [0.25, 0.3) is 0 Å². The van der Waals surface area contributed by atoms with Crippen LogP contribution in [-0.4, -0.2) is 106 Å². The second kappa shape index (κ2) is 29.9. The molecule has 0 fully saturated rings. The number of nitrogens with zero attached hydrogens (tertiary/aromatic N) is 5. The summed E-state index contributed by atoms with van der Waals surface area (Å²) in [6.07, 6.45) is 0.201. The van der Waals surface area contributed by atoms with E-state index >= 15 is 0 Å². The molecule has 7 N–H and O–H groups in total. The predicted octanol–water partition coefficient (Wildman–Crippen LogP) is 7.55. The highest BCUT2D eigenvalue weighted by Gasteiger charge is 2.27. The number of aryl methyl sites for hydroxylation is 1. The van der Waals surface area contributed by atoms with Crippen molar-refractivity contribution >= 4 is 46.7 Å². The molecule has 350 valence electrons. The molecule has 0 amide bonds. The van der Waals surface area contributed by atoms with Crippen LogP contribution in [0.1, 0.15) is 88.2 Å². The highest BCUT2D eigenvalue weighted by atomic mass is 35.5. The third-order valence-corrected chi connectivity index (χ3v) is 9.46. The molecule has 0 aliphatic heterocycles. The molecule has 2 atom stereocenters. The number of aliphatic hydroxyl groups excluding tert-OH is 2. The van der Waals surface area contributed by atoms with E-state index in [9.17, 15) is 28.2 Å². The third-order valence-electron chi connectivity index (χ3n) is 8.92. The van der Waals surface area contributed by atoms with Gasteiger partial charge in [-0.05, 0) is 50.7 Å². The number of nitrogens with one attached hydrogen (secondary N) is 5. The van der Waals surface area contributed by atoms with Crippen LogP contribution in [-0.2, 0) is 4.74 Å². The van der Waals surface area contributed by atoms with Crippen LogP contribution in [0, 0.1) is 42.4 Å². The number of methoxy groups -OCH3 is 1. The van der Waals surface area contributed by atoms with Crippen molar-refractivity contribution in [3.05, 3.63) is 79.1 Å². The monoisotopic (exact) mass is 934 g/mol. The van der Waals surface area contributed by atoms with Gasteiger partial charge in [0, 0.05) is 69.4 Å². The Kier molecular flexibility index (Phi) is 25.6. The van der Waals surface area contributed by atoms with Gasteiger partial charge in [0.1, 0.15) is 29.3 Å². The van der Waals surface area contributed by atoms with E-state index < -0.39 is 12.7 Å². The second-order valence-corrected chi connectivity index (χ2v) is 14.2. The largest absolute Gasteiger partial charge is 0.478 e. The summed E-state index contributed by atoms with van der Waals surface area (Å²) in [5.74, 6) is 13.4. The number of halogens is 5. The van der Waals surface area contributed by atoms with Crippen LogP contribution in [0.4, 0.5) is 36.7 Å². The van der Waals surface area contributed by atoms with E-state index in [-0.39, 0.29) is 58.2 Å². The van der Waals surface area contributed by atoms with Gasteiger partial charge in [-0.15, -0.1) is 0 Å². The molecule has 2 unspecified atom stereocenters. The lowest BCUT2D eigenvalue weighted by molar-refractivity contribution is -0.115. The molecule has 0 aromatic carbocycles. The number of hydrogen-bond acceptors (Lipinski definition) is 14. The van der Waals surface area contributed by atoms with Crippen LogP contribution in [0.2, 0.25) is 10.3 Å². The number of H-pyrrole nitrogens is 1. The zero-order valence-corrected chi connectivity index (χ0v) is 38.8. The predicted molar refractivity (Wildman–Crippen MR) is 247 cm³/mol. The summed E-state index contributed by atoms with van der Waals surface area (Å²) < 4.78 is 48.2. The van der Waals surface area contributed by atoms with Gasteiger partial charge in [-0.2, -0.15) is 33.1 Å². The fourth-order valence-electron chi connectivity index (χ4n) is 5.24. The molecule has 15 nitrogen and oxygen atoms in total. The van der Waals surface area contributed by atoms with Crippen molar-refractivity contribution in [3.8, 4) is 29.6 Å². The average Bonchev–Trinajstić information content (AvgIpc) is 3.27. The summed E-state index contributed by atoms with van der Waals surface area (Å²) in [5, 5.41) is 30.4. The second-order valence-electron chi connectivity index (χ2n) is 13.5. The van der Waals surface area contributed by atoms with E-state index in [1.54, 1.807) is 32.2 Å². The van der Waals surface area contributed by atoms with Gasteiger partial charge in [-0.3, -0.25) is 4.79 Å². The first-order valence-electron chi connectivity index (χ1n) is 20.9. The SMILES string of the molecule is CC.CCC(CO)CCNc1nc(NCCOC)nc(Cl)c1C#Cc1ccc(=O)[nH]c1.CCOc1ccc(C#Cc2c(Cl)nc(NCC(F)(F)F)nc2NCCC(CC)CO)c(C)n1. The normalized spacial score (nSPS) is 11.5. The first-order valence-corrected chi connectivity index (χ1v) is 21.7. The van der Waals surface area contributed by atoms with Gasteiger partial charge in [0.15, 0.2) is 10.3 Å². The topological polar surface area (TPSA) is 204 Å². The first-order chi connectivity index (χ1) is 30.7. The van der Waals surface area contributed by atoms with Crippen LogP contribution < -0.4 is 31.6 Å². The lowest BCUT2D eigenvalue weighted by Crippen LogP contribution is -2.23. The molecule has 4 aromatic rings. The molecular weight excluding hydrogens is 876 g/mol. The Morgan fingerprint density at radius 2 is 1.33 bits per heavy atom. The number of aromatic nitrogens is 6. The lowest BCUT2D eigenvalue weighted by Gasteiger charge is -2.15. The Balaban J connectivity index is 0.000000427. The Labute approximate surface area is 383 Å². The highest BCUT2D eigenvalue weighted by Crippen LogP contribution is 2.25. The Bertz CT molecular complexity index is 2180. The van der Waals surface area contributed by atoms with Crippen molar-refractivity contribution < 1.29 is 32.9 Å². The number of aromatic amines is 1. The van der Waals surface area contributed by atoms with Gasteiger partial charge in [-0.25, -0.2) is 4.98 Å². The van der Waals surface area contributed by atoms with Crippen molar-refractivity contribution in [1.82, 2.24) is 29.9 Å². The Morgan fingerprint density at radius 3 is 1.80 bits per heavy atom. The maximum Gasteiger partial charge on any atom is 0.405 e. The molecule has 4 heterocycles. The van der Waals surface area contributed by atoms with Gasteiger partial charge in [0.2, 0.25) is 23.3 Å². The minimum absolute atomic E-state index is 0.0395. The van der Waals surface area contributed by atoms with E-state index in [0.29, 0.717) is 79.3 Å². The highest BCUT2D eigenvalue weighted by molar-refractivity contribution is 6.31. The van der Waals surface area contributed by atoms with Crippen LogP contribution >= 0.6 is 23.2 Å². The summed E-state index contributed by atoms with van der Waals surface area (Å²) in [6, 6.07) is 6.49. The molecule has 64 heavy (non-hydrogen) atoms. The van der Waals surface area contributed by atoms with Crippen LogP contribution in [0.15, 0.2) is 35.3 Å². The van der Waals surface area contributed by atoms with Crippen molar-refractivity contribution in [1.29, 1.82) is 0 Å². The molecule has 0 aliphatic rings. The first kappa shape index (κ1) is 54.8. The van der Waals surface area contributed by atoms with E-state index in [2.05, 4.69) is 74.9 Å². The number of alkyl halides is 3. The van der Waals surface area contributed by atoms with Gasteiger partial charge >= 0.3 is 6.18 Å². The smallest absolute Gasteiger partial charge is 0.405 e. The minimum atomic E-state index is -4.43. The molecule has 0 radical (unpaired) electrons. The van der Waals surface area contributed by atoms with Crippen LogP contribution in [0.3, 0.4) is 0 Å². The molecule has 0 saturated carbocycles. The zero-order valence-electron chi connectivity index (χ0n) is 37.3. The molecule has 20 heteroatoms. The third kappa shape index (κ3) is 20.0. The lowest BCUT2D eigenvalue weighted by atomic mass is 10.0. The average molecular weight is 936 g/mol. The Hall–Kier alpha value is -5.37.